The molecule has 2 aliphatic rings. The molecule has 3 heteroatoms. The highest BCUT2D eigenvalue weighted by Gasteiger charge is 2.44. The van der Waals surface area contributed by atoms with E-state index in [1.54, 1.807) is 0 Å². The van der Waals surface area contributed by atoms with Gasteiger partial charge in [0.1, 0.15) is 0 Å². The van der Waals surface area contributed by atoms with Crippen molar-refractivity contribution in [3.8, 4) is 0 Å². The molecule has 2 saturated carbocycles. The fourth-order valence-electron chi connectivity index (χ4n) is 4.42. The van der Waals surface area contributed by atoms with E-state index in [9.17, 15) is 0 Å². The fraction of sp³-hybridized carbons (Fsp3) is 0.647. The van der Waals surface area contributed by atoms with Crippen LogP contribution in [0.3, 0.4) is 0 Å². The molecule has 0 amide bonds. The highest BCUT2D eigenvalue weighted by Crippen LogP contribution is 2.53. The largest absolute Gasteiger partial charge is 0.0918 e. The summed E-state index contributed by atoms with van der Waals surface area (Å²) in [5.74, 6) is 2.96. The third-order valence-corrected chi connectivity index (χ3v) is 8.33. The zero-order valence-electron chi connectivity index (χ0n) is 11.6. The molecule has 1 aromatic carbocycles. The number of halogens is 3. The van der Waals surface area contributed by atoms with Crippen molar-refractivity contribution >= 4 is 47.8 Å². The zero-order chi connectivity index (χ0) is 14.2. The molecule has 0 aliphatic heterocycles. The smallest absolute Gasteiger partial charge is 0.0213 e. The Balaban J connectivity index is 1.86. The SMILES string of the molecule is BrCC(CBr)(CC1CC2CCC1C2)c1ccccc1Br. The minimum Gasteiger partial charge on any atom is -0.0918 e. The molecule has 0 heterocycles. The van der Waals surface area contributed by atoms with Crippen molar-refractivity contribution in [2.75, 3.05) is 10.7 Å². The summed E-state index contributed by atoms with van der Waals surface area (Å²) in [6, 6.07) is 8.75. The van der Waals surface area contributed by atoms with Gasteiger partial charge in [-0.1, -0.05) is 72.4 Å². The monoisotopic (exact) mass is 462 g/mol. The van der Waals surface area contributed by atoms with Crippen LogP contribution in [0, 0.1) is 17.8 Å². The quantitative estimate of drug-likeness (QED) is 0.448. The van der Waals surface area contributed by atoms with Crippen molar-refractivity contribution < 1.29 is 0 Å². The van der Waals surface area contributed by atoms with Gasteiger partial charge in [-0.25, -0.2) is 0 Å². The number of alkyl halides is 2. The molecule has 3 unspecified atom stereocenters. The van der Waals surface area contributed by atoms with E-state index in [2.05, 4.69) is 72.1 Å². The Bertz CT molecular complexity index is 467. The molecule has 3 atom stereocenters. The van der Waals surface area contributed by atoms with E-state index in [1.165, 1.54) is 42.1 Å². The minimum absolute atomic E-state index is 0.217. The number of benzene rings is 1. The van der Waals surface area contributed by atoms with Crippen molar-refractivity contribution in [2.45, 2.75) is 37.5 Å². The number of hydrogen-bond donors (Lipinski definition) is 0. The van der Waals surface area contributed by atoms with Crippen LogP contribution < -0.4 is 0 Å². The van der Waals surface area contributed by atoms with Crippen LogP contribution in [0.4, 0.5) is 0 Å². The predicted octanol–water partition coefficient (Wildman–Crippen LogP) is 6.30. The Hall–Kier alpha value is 0.660. The molecule has 0 saturated heterocycles. The van der Waals surface area contributed by atoms with Gasteiger partial charge in [0.25, 0.3) is 0 Å². The van der Waals surface area contributed by atoms with Gasteiger partial charge in [0.2, 0.25) is 0 Å². The average Bonchev–Trinajstić information content (AvgIpc) is 3.08. The summed E-state index contributed by atoms with van der Waals surface area (Å²) in [4.78, 5) is 0. The van der Waals surface area contributed by atoms with Crippen LogP contribution in [-0.2, 0) is 5.41 Å². The van der Waals surface area contributed by atoms with Crippen molar-refractivity contribution in [3.05, 3.63) is 34.3 Å². The van der Waals surface area contributed by atoms with Gasteiger partial charge in [-0.15, -0.1) is 0 Å². The Kier molecular flexibility index (Phi) is 4.99. The van der Waals surface area contributed by atoms with Crippen molar-refractivity contribution in [1.29, 1.82) is 0 Å². The first-order valence-corrected chi connectivity index (χ1v) is 10.6. The first kappa shape index (κ1) is 15.6. The molecule has 0 aromatic heterocycles. The Labute approximate surface area is 147 Å². The molecular formula is C17H21Br3. The van der Waals surface area contributed by atoms with Gasteiger partial charge < -0.3 is 0 Å². The molecule has 0 N–H and O–H groups in total. The van der Waals surface area contributed by atoms with E-state index in [0.717, 1.165) is 28.4 Å². The van der Waals surface area contributed by atoms with Gasteiger partial charge in [0, 0.05) is 20.5 Å². The molecule has 110 valence electrons. The first-order chi connectivity index (χ1) is 9.68. The maximum absolute atomic E-state index is 3.81. The normalized spacial score (nSPS) is 29.1. The summed E-state index contributed by atoms with van der Waals surface area (Å²) >= 11 is 11.4. The molecular weight excluding hydrogens is 444 g/mol. The van der Waals surface area contributed by atoms with Gasteiger partial charge in [-0.2, -0.15) is 0 Å². The second kappa shape index (κ2) is 6.42. The van der Waals surface area contributed by atoms with Crippen LogP contribution in [-0.4, -0.2) is 10.7 Å². The summed E-state index contributed by atoms with van der Waals surface area (Å²) < 4.78 is 1.25. The maximum Gasteiger partial charge on any atom is 0.0213 e. The second-order valence-corrected chi connectivity index (χ2v) is 8.64. The molecule has 3 rings (SSSR count). The standard InChI is InChI=1S/C17H21Br3/c18-10-17(11-19,15-3-1-2-4-16(15)20)9-14-8-12-5-6-13(14)7-12/h1-4,12-14H,5-11H2. The average molecular weight is 465 g/mol. The van der Waals surface area contributed by atoms with Crippen molar-refractivity contribution in [3.63, 3.8) is 0 Å². The minimum atomic E-state index is 0.217. The Morgan fingerprint density at radius 3 is 2.35 bits per heavy atom. The molecule has 20 heavy (non-hydrogen) atoms. The lowest BCUT2D eigenvalue weighted by Crippen LogP contribution is -2.34. The van der Waals surface area contributed by atoms with Gasteiger partial charge in [-0.05, 0) is 55.1 Å². The van der Waals surface area contributed by atoms with E-state index in [4.69, 9.17) is 0 Å². The second-order valence-electron chi connectivity index (χ2n) is 6.67. The van der Waals surface area contributed by atoms with E-state index in [1.807, 2.05) is 0 Å². The lowest BCUT2D eigenvalue weighted by Gasteiger charge is -2.36. The molecule has 0 spiro atoms. The van der Waals surface area contributed by atoms with E-state index in [0.29, 0.717) is 0 Å². The summed E-state index contributed by atoms with van der Waals surface area (Å²) in [6.45, 7) is 0. The predicted molar refractivity (Wildman–Crippen MR) is 97.0 cm³/mol. The van der Waals surface area contributed by atoms with Gasteiger partial charge in [0.15, 0.2) is 0 Å². The molecule has 2 aliphatic carbocycles. The van der Waals surface area contributed by atoms with Crippen LogP contribution in [0.2, 0.25) is 0 Å². The summed E-state index contributed by atoms with van der Waals surface area (Å²) in [5.41, 5.74) is 1.67. The van der Waals surface area contributed by atoms with E-state index >= 15 is 0 Å². The van der Waals surface area contributed by atoms with Crippen LogP contribution in [0.5, 0.6) is 0 Å². The molecule has 0 nitrogen and oxygen atoms in total. The Morgan fingerprint density at radius 2 is 1.80 bits per heavy atom. The number of hydrogen-bond acceptors (Lipinski definition) is 0. The highest BCUT2D eigenvalue weighted by molar-refractivity contribution is 9.10. The number of rotatable bonds is 5. The van der Waals surface area contributed by atoms with Crippen molar-refractivity contribution in [2.24, 2.45) is 17.8 Å². The number of fused-ring (bicyclic) bond motifs is 2. The summed E-state index contributed by atoms with van der Waals surface area (Å²) in [5, 5.41) is 2.06. The molecule has 0 radical (unpaired) electrons. The van der Waals surface area contributed by atoms with Crippen LogP contribution >= 0.6 is 47.8 Å². The summed E-state index contributed by atoms with van der Waals surface area (Å²) in [6.07, 6.45) is 7.25. The third-order valence-electron chi connectivity index (χ3n) is 5.49. The van der Waals surface area contributed by atoms with Crippen LogP contribution in [0.15, 0.2) is 28.7 Å². The summed E-state index contributed by atoms with van der Waals surface area (Å²) in [7, 11) is 0. The lowest BCUT2D eigenvalue weighted by atomic mass is 9.72. The molecule has 2 bridgehead atoms. The third kappa shape index (κ3) is 2.79. The highest BCUT2D eigenvalue weighted by atomic mass is 79.9. The van der Waals surface area contributed by atoms with Gasteiger partial charge in [0.05, 0.1) is 0 Å². The van der Waals surface area contributed by atoms with Crippen molar-refractivity contribution in [1.82, 2.24) is 0 Å². The van der Waals surface area contributed by atoms with Gasteiger partial charge >= 0.3 is 0 Å². The zero-order valence-corrected chi connectivity index (χ0v) is 16.4. The van der Waals surface area contributed by atoms with Gasteiger partial charge in [-0.3, -0.25) is 0 Å². The molecule has 1 aromatic rings. The Morgan fingerprint density at radius 1 is 1.05 bits per heavy atom. The van der Waals surface area contributed by atoms with Crippen LogP contribution in [0.1, 0.15) is 37.7 Å². The first-order valence-electron chi connectivity index (χ1n) is 7.55. The lowest BCUT2D eigenvalue weighted by molar-refractivity contribution is 0.266. The fourth-order valence-corrected chi connectivity index (χ4v) is 7.11. The molecule has 2 fully saturated rings. The topological polar surface area (TPSA) is 0 Å². The van der Waals surface area contributed by atoms with E-state index < -0.39 is 0 Å². The maximum atomic E-state index is 3.81. The van der Waals surface area contributed by atoms with E-state index in [-0.39, 0.29) is 5.41 Å². The van der Waals surface area contributed by atoms with Crippen LogP contribution in [0.25, 0.3) is 0 Å².